The van der Waals surface area contributed by atoms with E-state index in [-0.39, 0.29) is 11.6 Å². The molecule has 0 radical (unpaired) electrons. The quantitative estimate of drug-likeness (QED) is 0.489. The van der Waals surface area contributed by atoms with Crippen LogP contribution in [0.15, 0.2) is 10.7 Å². The van der Waals surface area contributed by atoms with E-state index in [1.54, 1.807) is 0 Å². The zero-order chi connectivity index (χ0) is 14.6. The summed E-state index contributed by atoms with van der Waals surface area (Å²) in [5, 5.41) is 4.31. The molecule has 0 amide bonds. The van der Waals surface area contributed by atoms with E-state index >= 15 is 0 Å². The molecule has 0 bridgehead atoms. The van der Waals surface area contributed by atoms with Gasteiger partial charge in [0, 0.05) is 13.7 Å². The molecule has 5 nitrogen and oxygen atoms in total. The Morgan fingerprint density at radius 2 is 2.10 bits per heavy atom. The second-order valence-electron chi connectivity index (χ2n) is 5.51. The van der Waals surface area contributed by atoms with Crippen LogP contribution in [0.3, 0.4) is 0 Å². The van der Waals surface area contributed by atoms with E-state index in [9.17, 15) is 0 Å². The number of nitrogens with two attached hydrogens (primary N) is 1. The molecular weight excluding hydrogens is 320 g/mol. The molecule has 1 unspecified atom stereocenters. The lowest BCUT2D eigenvalue weighted by atomic mass is 9.84. The fourth-order valence-corrected chi connectivity index (χ4v) is 3.93. The fourth-order valence-electron chi connectivity index (χ4n) is 3.36. The Morgan fingerprint density at radius 1 is 1.45 bits per heavy atom. The third-order valence-electron chi connectivity index (χ3n) is 4.29. The number of rotatable bonds is 5. The summed E-state index contributed by atoms with van der Waals surface area (Å²) >= 11 is 3.59. The number of halogens is 1. The molecule has 2 rings (SSSR count). The molecule has 1 heterocycles. The van der Waals surface area contributed by atoms with Crippen LogP contribution < -0.4 is 11.3 Å². The lowest BCUT2D eigenvalue weighted by Crippen LogP contribution is -2.49. The highest BCUT2D eigenvalue weighted by atomic mass is 79.9. The van der Waals surface area contributed by atoms with Gasteiger partial charge in [-0.2, -0.15) is 5.10 Å². The first-order chi connectivity index (χ1) is 9.64. The average Bonchev–Trinajstić information content (AvgIpc) is 2.66. The van der Waals surface area contributed by atoms with Gasteiger partial charge in [0.2, 0.25) is 0 Å². The molecular formula is C14H25BrN4O. The maximum atomic E-state index is 6.23. The van der Waals surface area contributed by atoms with Gasteiger partial charge in [0.25, 0.3) is 0 Å². The molecule has 20 heavy (non-hydrogen) atoms. The summed E-state index contributed by atoms with van der Waals surface area (Å²) in [4.78, 5) is 0. The van der Waals surface area contributed by atoms with Crippen LogP contribution in [-0.2, 0) is 11.8 Å². The molecule has 3 N–H and O–H groups in total. The molecule has 1 aromatic rings. The van der Waals surface area contributed by atoms with Crippen molar-refractivity contribution in [3.05, 3.63) is 16.4 Å². The predicted octanol–water partition coefficient (Wildman–Crippen LogP) is 2.82. The van der Waals surface area contributed by atoms with Gasteiger partial charge in [0.1, 0.15) is 0 Å². The van der Waals surface area contributed by atoms with E-state index in [0.29, 0.717) is 6.61 Å². The summed E-state index contributed by atoms with van der Waals surface area (Å²) in [5.74, 6) is 5.91. The molecule has 1 atom stereocenters. The highest BCUT2D eigenvalue weighted by molar-refractivity contribution is 9.10. The number of hydrazine groups is 1. The highest BCUT2D eigenvalue weighted by Crippen LogP contribution is 2.41. The van der Waals surface area contributed by atoms with Crippen molar-refractivity contribution in [3.63, 3.8) is 0 Å². The smallest absolute Gasteiger partial charge is 0.0929 e. The zero-order valence-electron chi connectivity index (χ0n) is 12.4. The van der Waals surface area contributed by atoms with E-state index in [1.165, 1.54) is 25.7 Å². The number of nitrogens with zero attached hydrogens (tertiary/aromatic N) is 2. The summed E-state index contributed by atoms with van der Waals surface area (Å²) in [6, 6.07) is -0.0533. The normalized spacial score (nSPS) is 20.6. The van der Waals surface area contributed by atoms with Gasteiger partial charge >= 0.3 is 0 Å². The Balaban J connectivity index is 2.38. The van der Waals surface area contributed by atoms with Crippen molar-refractivity contribution >= 4 is 15.9 Å². The molecule has 0 saturated heterocycles. The van der Waals surface area contributed by atoms with E-state index in [4.69, 9.17) is 10.6 Å². The fraction of sp³-hybridized carbons (Fsp3) is 0.786. The molecule has 0 aromatic carbocycles. The number of hydrogen-bond donors (Lipinski definition) is 2. The molecule has 0 aliphatic heterocycles. The first-order valence-corrected chi connectivity index (χ1v) is 8.21. The molecule has 1 saturated carbocycles. The van der Waals surface area contributed by atoms with E-state index in [1.807, 2.05) is 17.9 Å². The maximum Gasteiger partial charge on any atom is 0.0929 e. The minimum atomic E-state index is -0.240. The standard InChI is InChI=1S/C14H25BrN4O/c1-3-20-14(8-6-4-5-7-9-14)13(18-16)12-11(15)10-17-19(12)2/h10,13,18H,3-9,16H2,1-2H3. The van der Waals surface area contributed by atoms with Crippen LogP contribution in [0.1, 0.15) is 57.2 Å². The van der Waals surface area contributed by atoms with Crippen LogP contribution in [0, 0.1) is 0 Å². The average molecular weight is 345 g/mol. The topological polar surface area (TPSA) is 65.1 Å². The molecule has 114 valence electrons. The lowest BCUT2D eigenvalue weighted by molar-refractivity contribution is -0.0800. The second-order valence-corrected chi connectivity index (χ2v) is 6.37. The largest absolute Gasteiger partial charge is 0.373 e. The van der Waals surface area contributed by atoms with Gasteiger partial charge in [0.15, 0.2) is 0 Å². The van der Waals surface area contributed by atoms with Crippen LogP contribution in [-0.4, -0.2) is 22.0 Å². The van der Waals surface area contributed by atoms with Crippen molar-refractivity contribution < 1.29 is 4.74 Å². The van der Waals surface area contributed by atoms with Gasteiger partial charge in [-0.1, -0.05) is 25.7 Å². The molecule has 0 spiro atoms. The SMILES string of the molecule is CCOC1(C(NN)c2c(Br)cnn2C)CCCCCC1. The van der Waals surface area contributed by atoms with Crippen molar-refractivity contribution in [3.8, 4) is 0 Å². The van der Waals surface area contributed by atoms with Crippen molar-refractivity contribution in [1.82, 2.24) is 15.2 Å². The monoisotopic (exact) mass is 344 g/mol. The number of nitrogens with one attached hydrogen (secondary N) is 1. The van der Waals surface area contributed by atoms with Crippen LogP contribution in [0.4, 0.5) is 0 Å². The highest BCUT2D eigenvalue weighted by Gasteiger charge is 2.42. The van der Waals surface area contributed by atoms with Gasteiger partial charge in [0.05, 0.1) is 28.0 Å². The minimum absolute atomic E-state index is 0.0533. The molecule has 1 aliphatic rings. The van der Waals surface area contributed by atoms with Gasteiger partial charge in [-0.05, 0) is 35.7 Å². The summed E-state index contributed by atoms with van der Waals surface area (Å²) < 4.78 is 9.09. The van der Waals surface area contributed by atoms with E-state index in [0.717, 1.165) is 23.0 Å². The van der Waals surface area contributed by atoms with Gasteiger partial charge in [-0.3, -0.25) is 10.5 Å². The van der Waals surface area contributed by atoms with Crippen molar-refractivity contribution in [1.29, 1.82) is 0 Å². The van der Waals surface area contributed by atoms with Crippen LogP contribution in [0.5, 0.6) is 0 Å². The van der Waals surface area contributed by atoms with Gasteiger partial charge in [-0.25, -0.2) is 5.43 Å². The zero-order valence-corrected chi connectivity index (χ0v) is 13.9. The molecule has 1 fully saturated rings. The third-order valence-corrected chi connectivity index (χ3v) is 4.90. The molecule has 1 aliphatic carbocycles. The van der Waals surface area contributed by atoms with E-state index < -0.39 is 0 Å². The number of hydrogen-bond acceptors (Lipinski definition) is 4. The minimum Gasteiger partial charge on any atom is -0.373 e. The van der Waals surface area contributed by atoms with Crippen LogP contribution >= 0.6 is 15.9 Å². The number of ether oxygens (including phenoxy) is 1. The molecule has 6 heteroatoms. The number of aromatic nitrogens is 2. The van der Waals surface area contributed by atoms with Gasteiger partial charge in [-0.15, -0.1) is 0 Å². The van der Waals surface area contributed by atoms with Crippen LogP contribution in [0.25, 0.3) is 0 Å². The maximum absolute atomic E-state index is 6.23. The molecule has 1 aromatic heterocycles. The number of aryl methyl sites for hydroxylation is 1. The Morgan fingerprint density at radius 3 is 2.55 bits per heavy atom. The Bertz CT molecular complexity index is 407. The summed E-state index contributed by atoms with van der Waals surface area (Å²) in [6.45, 7) is 2.76. The first kappa shape index (κ1) is 15.9. The lowest BCUT2D eigenvalue weighted by Gasteiger charge is -2.40. The first-order valence-electron chi connectivity index (χ1n) is 7.42. The Labute approximate surface area is 129 Å². The third kappa shape index (κ3) is 3.08. The Kier molecular flexibility index (Phi) is 5.60. The van der Waals surface area contributed by atoms with Gasteiger partial charge < -0.3 is 4.74 Å². The van der Waals surface area contributed by atoms with Crippen molar-refractivity contribution in [2.45, 2.75) is 57.1 Å². The van der Waals surface area contributed by atoms with E-state index in [2.05, 4.69) is 33.4 Å². The Hall–Kier alpha value is -0.430. The van der Waals surface area contributed by atoms with Crippen molar-refractivity contribution in [2.75, 3.05) is 6.61 Å². The summed E-state index contributed by atoms with van der Waals surface area (Å²) in [6.07, 6.45) is 8.81. The van der Waals surface area contributed by atoms with Crippen LogP contribution in [0.2, 0.25) is 0 Å². The predicted molar refractivity (Wildman–Crippen MR) is 83.0 cm³/mol. The summed E-state index contributed by atoms with van der Waals surface area (Å²) in [7, 11) is 1.95. The second kappa shape index (κ2) is 7.02. The summed E-state index contributed by atoms with van der Waals surface area (Å²) in [5.41, 5.74) is 3.81. The van der Waals surface area contributed by atoms with Crippen molar-refractivity contribution in [2.24, 2.45) is 12.9 Å².